The number of rotatable bonds is 3. The molecule has 7 aromatic carbocycles. The molecule has 0 N–H and O–H groups in total. The van der Waals surface area contributed by atoms with E-state index >= 15 is 0 Å². The van der Waals surface area contributed by atoms with Gasteiger partial charge in [-0.2, -0.15) is 0 Å². The lowest BCUT2D eigenvalue weighted by molar-refractivity contribution is 1.12. The van der Waals surface area contributed by atoms with Gasteiger partial charge in [0.2, 0.25) is 5.95 Å². The zero-order valence-electron chi connectivity index (χ0n) is 24.7. The monoisotopic (exact) mass is 603 g/mol. The normalized spacial score (nSPS) is 12.3. The first-order valence-electron chi connectivity index (χ1n) is 15.5. The molecule has 0 amide bonds. The van der Waals surface area contributed by atoms with Crippen LogP contribution in [-0.2, 0) is 0 Å². The topological polar surface area (TPSA) is 29.0 Å². The Labute approximate surface area is 269 Å². The number of benzene rings is 7. The summed E-state index contributed by atoms with van der Waals surface area (Å²) < 4.78 is 2.31. The van der Waals surface area contributed by atoms with E-state index in [9.17, 15) is 0 Å². The Hall–Kier alpha value is -5.84. The van der Waals surface area contributed by atoms with Gasteiger partial charge in [0, 0.05) is 26.6 Å². The predicted molar refractivity (Wildman–Crippen MR) is 194 cm³/mol. The van der Waals surface area contributed by atoms with Crippen molar-refractivity contribution in [3.8, 4) is 33.5 Å². The van der Waals surface area contributed by atoms with Gasteiger partial charge in [-0.1, -0.05) is 133 Å². The van der Waals surface area contributed by atoms with Gasteiger partial charge < -0.3 is 0 Å². The highest BCUT2D eigenvalue weighted by Crippen LogP contribution is 2.51. The van der Waals surface area contributed by atoms with Crippen molar-refractivity contribution in [3.05, 3.63) is 152 Å². The fraction of sp³-hybridized carbons (Fsp3) is 0. The van der Waals surface area contributed by atoms with E-state index in [4.69, 9.17) is 9.97 Å². The van der Waals surface area contributed by atoms with Crippen LogP contribution < -0.4 is 4.90 Å². The van der Waals surface area contributed by atoms with Crippen LogP contribution in [0.2, 0.25) is 0 Å². The number of fused-ring (bicyclic) bond motifs is 6. The molecule has 10 rings (SSSR count). The third-order valence-electron chi connectivity index (χ3n) is 9.23. The smallest absolute Gasteiger partial charge is 0.235 e. The van der Waals surface area contributed by atoms with Crippen LogP contribution in [0.15, 0.2) is 152 Å². The molecule has 0 saturated carbocycles. The Bertz CT molecular complexity index is 2650. The van der Waals surface area contributed by atoms with Crippen molar-refractivity contribution in [2.75, 3.05) is 4.90 Å². The summed E-state index contributed by atoms with van der Waals surface area (Å²) in [6.07, 6.45) is 0. The molecule has 0 radical (unpaired) electrons. The van der Waals surface area contributed by atoms with E-state index in [0.29, 0.717) is 5.95 Å². The van der Waals surface area contributed by atoms with Crippen molar-refractivity contribution in [1.29, 1.82) is 0 Å². The zero-order valence-corrected chi connectivity index (χ0v) is 25.5. The van der Waals surface area contributed by atoms with Crippen LogP contribution in [0.1, 0.15) is 0 Å². The van der Waals surface area contributed by atoms with Crippen molar-refractivity contribution in [2.24, 2.45) is 0 Å². The quantitative estimate of drug-likeness (QED) is 0.201. The molecule has 9 aromatic rings. The van der Waals surface area contributed by atoms with Crippen molar-refractivity contribution >= 4 is 70.5 Å². The Balaban J connectivity index is 1.31. The van der Waals surface area contributed by atoms with Crippen LogP contribution >= 0.6 is 11.3 Å². The molecule has 0 spiro atoms. The van der Waals surface area contributed by atoms with E-state index in [1.54, 1.807) is 11.3 Å². The molecule has 1 aliphatic rings. The average Bonchev–Trinajstić information content (AvgIpc) is 3.50. The van der Waals surface area contributed by atoms with E-state index < -0.39 is 0 Å². The summed E-state index contributed by atoms with van der Waals surface area (Å²) in [6.45, 7) is 0. The molecule has 2 aromatic heterocycles. The van der Waals surface area contributed by atoms with Crippen LogP contribution in [0, 0.1) is 0 Å². The molecule has 0 atom stereocenters. The lowest BCUT2D eigenvalue weighted by Crippen LogP contribution is -2.17. The van der Waals surface area contributed by atoms with Crippen LogP contribution in [0.4, 0.5) is 17.3 Å². The first kappa shape index (κ1) is 25.5. The first-order chi connectivity index (χ1) is 22.8. The Kier molecular flexibility index (Phi) is 5.45. The first-order valence-corrected chi connectivity index (χ1v) is 16.3. The lowest BCUT2D eigenvalue weighted by Gasteiger charge is -2.32. The predicted octanol–water partition coefficient (Wildman–Crippen LogP) is 11.9. The summed E-state index contributed by atoms with van der Waals surface area (Å²) >= 11 is 1.77. The van der Waals surface area contributed by atoms with Crippen molar-refractivity contribution in [1.82, 2.24) is 9.97 Å². The Morgan fingerprint density at radius 2 is 1.11 bits per heavy atom. The minimum absolute atomic E-state index is 0.678. The van der Waals surface area contributed by atoms with Crippen molar-refractivity contribution < 1.29 is 0 Å². The van der Waals surface area contributed by atoms with E-state index in [0.717, 1.165) is 38.2 Å². The number of anilines is 3. The largest absolute Gasteiger partial charge is 0.278 e. The standard InChI is InChI=1S/C42H25N3S/c1-2-12-26(13-3-1)28-24-25-33(30-17-5-4-16-29(28)30)39-41-40(34-19-7-9-23-37(34)46-41)44-42(43-39)45-35-21-8-6-18-31(35)32-20-10-14-27-15-11-22-36(45)38(27)32/h1-25H. The molecular weight excluding hydrogens is 579 g/mol. The maximum Gasteiger partial charge on any atom is 0.235 e. The molecule has 0 bridgehead atoms. The van der Waals surface area contributed by atoms with Gasteiger partial charge in [-0.25, -0.2) is 9.97 Å². The van der Waals surface area contributed by atoms with Crippen LogP contribution in [-0.4, -0.2) is 9.97 Å². The second kappa shape index (κ2) is 9.83. The van der Waals surface area contributed by atoms with E-state index in [1.165, 1.54) is 48.5 Å². The van der Waals surface area contributed by atoms with E-state index in [2.05, 4.69) is 157 Å². The summed E-state index contributed by atoms with van der Waals surface area (Å²) in [5.74, 6) is 0.678. The fourth-order valence-electron chi connectivity index (χ4n) is 7.21. The number of thiophene rings is 1. The zero-order chi connectivity index (χ0) is 30.2. The summed E-state index contributed by atoms with van der Waals surface area (Å²) in [4.78, 5) is 13.2. The Morgan fingerprint density at radius 1 is 0.457 bits per heavy atom. The molecule has 3 nitrogen and oxygen atoms in total. The molecular formula is C42H25N3S. The molecule has 3 heterocycles. The van der Waals surface area contributed by atoms with Gasteiger partial charge >= 0.3 is 0 Å². The molecule has 0 unspecified atom stereocenters. The summed E-state index contributed by atoms with van der Waals surface area (Å²) in [5, 5.41) is 5.98. The maximum atomic E-state index is 5.53. The van der Waals surface area contributed by atoms with Crippen molar-refractivity contribution in [2.45, 2.75) is 0 Å². The molecule has 0 saturated heterocycles. The second-order valence-corrected chi connectivity index (χ2v) is 12.8. The van der Waals surface area contributed by atoms with E-state index in [-0.39, 0.29) is 0 Å². The van der Waals surface area contributed by atoms with Crippen molar-refractivity contribution in [3.63, 3.8) is 0 Å². The summed E-state index contributed by atoms with van der Waals surface area (Å²) in [5.41, 5.74) is 10.1. The van der Waals surface area contributed by atoms with Gasteiger partial charge in [-0.05, 0) is 51.0 Å². The van der Waals surface area contributed by atoms with Crippen LogP contribution in [0.25, 0.3) is 75.4 Å². The highest BCUT2D eigenvalue weighted by Gasteiger charge is 2.29. The maximum absolute atomic E-state index is 5.53. The minimum atomic E-state index is 0.678. The summed E-state index contributed by atoms with van der Waals surface area (Å²) in [7, 11) is 0. The van der Waals surface area contributed by atoms with Crippen LogP contribution in [0.5, 0.6) is 0 Å². The van der Waals surface area contributed by atoms with Gasteiger partial charge in [0.15, 0.2) is 0 Å². The molecule has 0 fully saturated rings. The van der Waals surface area contributed by atoms with Gasteiger partial charge in [-0.15, -0.1) is 11.3 Å². The molecule has 46 heavy (non-hydrogen) atoms. The molecule has 0 aliphatic carbocycles. The van der Waals surface area contributed by atoms with Crippen LogP contribution in [0.3, 0.4) is 0 Å². The van der Waals surface area contributed by atoms with Gasteiger partial charge in [-0.3, -0.25) is 4.90 Å². The SMILES string of the molecule is c1ccc(-c2ccc(-c3nc(N4c5ccccc5-c5cccc6cccc4c56)nc4c3sc3ccccc34)c3ccccc23)cc1. The third kappa shape index (κ3) is 3.65. The minimum Gasteiger partial charge on any atom is -0.278 e. The Morgan fingerprint density at radius 3 is 1.98 bits per heavy atom. The highest BCUT2D eigenvalue weighted by atomic mass is 32.1. The number of hydrogen-bond donors (Lipinski definition) is 0. The number of aromatic nitrogens is 2. The highest BCUT2D eigenvalue weighted by molar-refractivity contribution is 7.26. The average molecular weight is 604 g/mol. The van der Waals surface area contributed by atoms with E-state index in [1.807, 2.05) is 0 Å². The molecule has 1 aliphatic heterocycles. The molecule has 4 heteroatoms. The lowest BCUT2D eigenvalue weighted by atomic mass is 9.91. The number of para-hydroxylation sites is 1. The third-order valence-corrected chi connectivity index (χ3v) is 10.4. The number of hydrogen-bond acceptors (Lipinski definition) is 4. The summed E-state index contributed by atoms with van der Waals surface area (Å²) in [6, 6.07) is 54.1. The van der Waals surface area contributed by atoms with Gasteiger partial charge in [0.1, 0.15) is 0 Å². The molecule has 214 valence electrons. The fourth-order valence-corrected chi connectivity index (χ4v) is 8.36. The van der Waals surface area contributed by atoms with Gasteiger partial charge in [0.05, 0.1) is 27.3 Å². The number of nitrogens with zero attached hydrogens (tertiary/aromatic N) is 3. The van der Waals surface area contributed by atoms with Gasteiger partial charge in [0.25, 0.3) is 0 Å². The second-order valence-electron chi connectivity index (χ2n) is 11.8.